The maximum atomic E-state index is 11.0. The molecule has 1 heterocycles. The zero-order valence-electron chi connectivity index (χ0n) is 14.9. The van der Waals surface area contributed by atoms with Crippen LogP contribution in [-0.4, -0.2) is 59.8 Å². The molecule has 0 aromatic rings. The van der Waals surface area contributed by atoms with Crippen LogP contribution in [0.15, 0.2) is 0 Å². The molecule has 1 saturated heterocycles. The van der Waals surface area contributed by atoms with Gasteiger partial charge < -0.3 is 23.9 Å². The molecule has 0 bridgehead atoms. The van der Waals surface area contributed by atoms with E-state index in [0.29, 0.717) is 13.0 Å². The minimum atomic E-state index is -1.14. The summed E-state index contributed by atoms with van der Waals surface area (Å²) < 4.78 is 17.0. The van der Waals surface area contributed by atoms with Gasteiger partial charge in [0.1, 0.15) is 30.4 Å². The normalized spacial score (nSPS) is 28.5. The Balaban J connectivity index is 2.95. The van der Waals surface area contributed by atoms with Gasteiger partial charge in [-0.25, -0.2) is 0 Å². The lowest BCUT2D eigenvalue weighted by atomic mass is 9.99. The summed E-state index contributed by atoms with van der Waals surface area (Å²) in [5.41, 5.74) is -0.886. The highest BCUT2D eigenvalue weighted by atomic mass is 32.1. The molecule has 1 rings (SSSR count). The van der Waals surface area contributed by atoms with Crippen molar-refractivity contribution in [2.75, 3.05) is 19.8 Å². The van der Waals surface area contributed by atoms with Crippen LogP contribution in [0, 0.1) is 20.2 Å². The number of rotatable bonds is 13. The molecule has 5 atom stereocenters. The summed E-state index contributed by atoms with van der Waals surface area (Å²) in [6.07, 6.45) is -0.771. The van der Waals surface area contributed by atoms with E-state index in [1.165, 1.54) is 0 Å². The monoisotopic (exact) mass is 398 g/mol. The number of thiol groups is 1. The Morgan fingerprint density at radius 3 is 2.04 bits per heavy atom. The van der Waals surface area contributed by atoms with E-state index in [9.17, 15) is 20.2 Å². The highest BCUT2D eigenvalue weighted by molar-refractivity contribution is 7.80. The maximum absolute atomic E-state index is 11.0. The molecular weight excluding hydrogens is 372 g/mol. The van der Waals surface area contributed by atoms with Crippen LogP contribution in [0.2, 0.25) is 0 Å². The SMILES string of the molecule is CCCCOC1C(S)OC(CO[N+](=O)[O-])C(OCCCC)C1O[N+](=O)[O-]. The maximum Gasteiger partial charge on any atom is 0.294 e. The Morgan fingerprint density at radius 1 is 0.962 bits per heavy atom. The molecule has 0 spiro atoms. The van der Waals surface area contributed by atoms with Crippen molar-refractivity contribution in [3.8, 4) is 0 Å². The second-order valence-corrected chi connectivity index (χ2v) is 6.26. The van der Waals surface area contributed by atoms with Crippen molar-refractivity contribution in [2.45, 2.75) is 69.4 Å². The van der Waals surface area contributed by atoms with E-state index in [1.807, 2.05) is 13.8 Å². The van der Waals surface area contributed by atoms with Crippen LogP contribution in [0.3, 0.4) is 0 Å². The summed E-state index contributed by atoms with van der Waals surface area (Å²) in [7, 11) is 0. The molecule has 11 nitrogen and oxygen atoms in total. The average Bonchev–Trinajstić information content (AvgIpc) is 2.57. The van der Waals surface area contributed by atoms with Crippen molar-refractivity contribution in [1.29, 1.82) is 0 Å². The molecule has 0 saturated carbocycles. The molecule has 5 unspecified atom stereocenters. The van der Waals surface area contributed by atoms with E-state index in [4.69, 9.17) is 19.0 Å². The molecule has 12 heteroatoms. The van der Waals surface area contributed by atoms with Gasteiger partial charge in [0.15, 0.2) is 6.10 Å². The first-order valence-electron chi connectivity index (χ1n) is 8.55. The summed E-state index contributed by atoms with van der Waals surface area (Å²) in [5.74, 6) is 0. The van der Waals surface area contributed by atoms with Crippen molar-refractivity contribution in [3.63, 3.8) is 0 Å². The highest BCUT2D eigenvalue weighted by Crippen LogP contribution is 2.30. The van der Waals surface area contributed by atoms with Crippen molar-refractivity contribution in [1.82, 2.24) is 0 Å². The number of hydrogen-bond acceptors (Lipinski definition) is 10. The van der Waals surface area contributed by atoms with Gasteiger partial charge in [0.05, 0.1) is 0 Å². The van der Waals surface area contributed by atoms with Crippen molar-refractivity contribution in [3.05, 3.63) is 20.2 Å². The quantitative estimate of drug-likeness (QED) is 0.213. The zero-order chi connectivity index (χ0) is 19.5. The van der Waals surface area contributed by atoms with E-state index in [0.717, 1.165) is 19.3 Å². The molecule has 1 aliphatic heterocycles. The van der Waals surface area contributed by atoms with E-state index >= 15 is 0 Å². The molecule has 0 radical (unpaired) electrons. The number of unbranched alkanes of at least 4 members (excludes halogenated alkanes) is 2. The predicted molar refractivity (Wildman–Crippen MR) is 91.8 cm³/mol. The summed E-state index contributed by atoms with van der Waals surface area (Å²) in [6.45, 7) is 4.11. The van der Waals surface area contributed by atoms with E-state index in [2.05, 4.69) is 17.5 Å². The van der Waals surface area contributed by atoms with Crippen LogP contribution in [0.5, 0.6) is 0 Å². The van der Waals surface area contributed by atoms with Gasteiger partial charge in [-0.2, -0.15) is 0 Å². The third-order valence-electron chi connectivity index (χ3n) is 3.78. The molecule has 0 N–H and O–H groups in total. The van der Waals surface area contributed by atoms with Crippen molar-refractivity contribution in [2.24, 2.45) is 0 Å². The van der Waals surface area contributed by atoms with Crippen molar-refractivity contribution >= 4 is 12.6 Å². The lowest BCUT2D eigenvalue weighted by Crippen LogP contribution is -2.60. The Bertz CT molecular complexity index is 443. The first-order chi connectivity index (χ1) is 12.4. The van der Waals surface area contributed by atoms with E-state index in [1.54, 1.807) is 0 Å². The molecule has 0 aromatic heterocycles. The average molecular weight is 398 g/mol. The van der Waals surface area contributed by atoms with Gasteiger partial charge >= 0.3 is 0 Å². The Kier molecular flexibility index (Phi) is 10.5. The fourth-order valence-electron chi connectivity index (χ4n) is 2.49. The fraction of sp³-hybridized carbons (Fsp3) is 1.00. The van der Waals surface area contributed by atoms with Crippen LogP contribution in [0.4, 0.5) is 0 Å². The minimum absolute atomic E-state index is 0.288. The van der Waals surface area contributed by atoms with Gasteiger partial charge in [-0.05, 0) is 12.8 Å². The third kappa shape index (κ3) is 7.48. The summed E-state index contributed by atoms with van der Waals surface area (Å²) in [5, 5.41) is 19.6. The first kappa shape index (κ1) is 22.7. The number of hydrogen-bond donors (Lipinski definition) is 1. The van der Waals surface area contributed by atoms with Crippen molar-refractivity contribution < 1.29 is 34.1 Å². The molecular formula is C14H26N2O9S. The molecule has 26 heavy (non-hydrogen) atoms. The van der Waals surface area contributed by atoms with Crippen LogP contribution in [0.25, 0.3) is 0 Å². The Hall–Kier alpha value is -1.37. The molecule has 0 aliphatic carbocycles. The standard InChI is InChI=1S/C14H26N2O9S/c1-3-5-7-21-11-10(9-23-15(17)18)24-14(26)13(22-8-6-4-2)12(11)25-16(19)20/h10-14,26H,3-9H2,1-2H3. The van der Waals surface area contributed by atoms with E-state index in [-0.39, 0.29) is 6.61 Å². The third-order valence-corrected chi connectivity index (χ3v) is 4.19. The Morgan fingerprint density at radius 2 is 1.54 bits per heavy atom. The van der Waals surface area contributed by atoms with Crippen LogP contribution >= 0.6 is 12.6 Å². The molecule has 1 fully saturated rings. The fourth-order valence-corrected chi connectivity index (χ4v) is 2.90. The van der Waals surface area contributed by atoms with Crippen LogP contribution < -0.4 is 0 Å². The van der Waals surface area contributed by atoms with Gasteiger partial charge in [-0.1, -0.05) is 26.7 Å². The summed E-state index contributed by atoms with van der Waals surface area (Å²) in [6, 6.07) is 0. The zero-order valence-corrected chi connectivity index (χ0v) is 15.7. The van der Waals surface area contributed by atoms with Gasteiger partial charge in [0, 0.05) is 13.2 Å². The first-order valence-corrected chi connectivity index (χ1v) is 9.07. The van der Waals surface area contributed by atoms with Crippen LogP contribution in [0.1, 0.15) is 39.5 Å². The van der Waals surface area contributed by atoms with Gasteiger partial charge in [-0.15, -0.1) is 32.9 Å². The summed E-state index contributed by atoms with van der Waals surface area (Å²) in [4.78, 5) is 30.6. The largest absolute Gasteiger partial charge is 0.373 e. The van der Waals surface area contributed by atoms with E-state index < -0.39 is 46.6 Å². The number of nitrogens with zero attached hydrogens (tertiary/aromatic N) is 2. The lowest BCUT2D eigenvalue weighted by Gasteiger charge is -2.43. The highest BCUT2D eigenvalue weighted by Gasteiger charge is 2.48. The predicted octanol–water partition coefficient (Wildman–Crippen LogP) is 1.80. The minimum Gasteiger partial charge on any atom is -0.373 e. The molecule has 1 aliphatic rings. The number of ether oxygens (including phenoxy) is 3. The van der Waals surface area contributed by atoms with Gasteiger partial charge in [0.2, 0.25) is 0 Å². The second kappa shape index (κ2) is 12.1. The molecule has 0 aromatic carbocycles. The second-order valence-electron chi connectivity index (χ2n) is 5.76. The lowest BCUT2D eigenvalue weighted by molar-refractivity contribution is -0.776. The topological polar surface area (TPSA) is 132 Å². The molecule has 152 valence electrons. The Labute approximate surface area is 156 Å². The molecule has 0 amide bonds. The summed E-state index contributed by atoms with van der Waals surface area (Å²) >= 11 is 4.26. The van der Waals surface area contributed by atoms with Crippen LogP contribution in [-0.2, 0) is 23.9 Å². The van der Waals surface area contributed by atoms with Gasteiger partial charge in [0.25, 0.3) is 10.2 Å². The smallest absolute Gasteiger partial charge is 0.294 e. The van der Waals surface area contributed by atoms with Gasteiger partial charge in [-0.3, -0.25) is 0 Å².